The molecule has 8 heteroatoms. The van der Waals surface area contributed by atoms with Gasteiger partial charge in [0.1, 0.15) is 5.75 Å². The Morgan fingerprint density at radius 2 is 1.42 bits per heavy atom. The Hall–Kier alpha value is -4.79. The molecule has 7 rings (SSSR count). The van der Waals surface area contributed by atoms with Crippen LogP contribution < -0.4 is 14.6 Å². The lowest BCUT2D eigenvalue weighted by Crippen LogP contribution is -2.51. The number of hydrazone groups is 1. The third kappa shape index (κ3) is 4.88. The zero-order valence-electron chi connectivity index (χ0n) is 23.1. The van der Waals surface area contributed by atoms with E-state index in [2.05, 4.69) is 0 Å². The molecule has 5 aromatic carbocycles. The highest BCUT2D eigenvalue weighted by atomic mass is 32.2. The highest BCUT2D eigenvalue weighted by molar-refractivity contribution is 8.29. The van der Waals surface area contributed by atoms with Crippen molar-refractivity contribution in [3.8, 4) is 5.75 Å². The first-order valence-corrected chi connectivity index (χ1v) is 15.3. The Kier molecular flexibility index (Phi) is 7.01. The summed E-state index contributed by atoms with van der Waals surface area (Å²) in [5.74, 6) is 0.374. The van der Waals surface area contributed by atoms with Gasteiger partial charge in [-0.1, -0.05) is 96.7 Å². The quantitative estimate of drug-likeness (QED) is 0.145. The molecule has 2 aliphatic heterocycles. The molecular weight excluding hydrogens is 575 g/mol. The molecule has 1 unspecified atom stereocenters. The molecule has 2 aliphatic rings. The Balaban J connectivity index is 1.35. The number of ether oxygens (including phenoxy) is 1. The number of thioether (sulfide) groups is 2. The lowest BCUT2D eigenvalue weighted by atomic mass is 10.0. The van der Waals surface area contributed by atoms with Gasteiger partial charge in [-0.2, -0.15) is 5.10 Å². The third-order valence-corrected chi connectivity index (χ3v) is 9.98. The topological polar surface area (TPSA) is 62.2 Å². The number of amides is 1. The molecule has 0 bridgehead atoms. The minimum atomic E-state index is -1.11. The number of nitrogens with zero attached hydrogens (tertiary/aromatic N) is 3. The average Bonchev–Trinajstić information content (AvgIpc) is 3.57. The van der Waals surface area contributed by atoms with Crippen LogP contribution in [0.5, 0.6) is 5.75 Å². The van der Waals surface area contributed by atoms with E-state index in [0.29, 0.717) is 21.2 Å². The normalized spacial score (nSPS) is 19.0. The molecule has 1 amide bonds. The van der Waals surface area contributed by atoms with Gasteiger partial charge in [-0.05, 0) is 76.6 Å². The maximum Gasteiger partial charge on any atom is 0.268 e. The molecule has 5 aromatic rings. The second-order valence-electron chi connectivity index (χ2n) is 9.95. The van der Waals surface area contributed by atoms with Crippen LogP contribution >= 0.6 is 23.5 Å². The van der Waals surface area contributed by atoms with E-state index in [1.807, 2.05) is 133 Å². The third-order valence-electron chi connectivity index (χ3n) is 7.26. The zero-order valence-corrected chi connectivity index (χ0v) is 24.7. The van der Waals surface area contributed by atoms with Gasteiger partial charge < -0.3 is 4.74 Å². The summed E-state index contributed by atoms with van der Waals surface area (Å²) in [7, 11) is 1.62. The fourth-order valence-electron chi connectivity index (χ4n) is 5.16. The fraction of sp³-hybridized carbons (Fsp3) is 0.0571. The van der Waals surface area contributed by atoms with Crippen molar-refractivity contribution >= 4 is 68.5 Å². The van der Waals surface area contributed by atoms with Gasteiger partial charge in [0.05, 0.1) is 17.7 Å². The van der Waals surface area contributed by atoms with Gasteiger partial charge in [0, 0.05) is 11.3 Å². The van der Waals surface area contributed by atoms with Crippen LogP contribution in [0.4, 0.5) is 11.4 Å². The van der Waals surface area contributed by atoms with E-state index in [0.717, 1.165) is 27.8 Å². The van der Waals surface area contributed by atoms with Crippen LogP contribution in [0.15, 0.2) is 137 Å². The predicted octanol–water partition coefficient (Wildman–Crippen LogP) is 8.03. The molecule has 0 saturated carbocycles. The highest BCUT2D eigenvalue weighted by Gasteiger charge is 2.60. The van der Waals surface area contributed by atoms with Crippen LogP contribution in [0, 0.1) is 0 Å². The standard InChI is InChI=1S/C35H25N3O3S2/c1-41-30-20-16-24(17-21-30)22-31-34(40)37(28-12-4-2-5-13-28)35(42-31)38(29-14-6-3-7-15-29)36-33(43-35)32(39)27-19-18-25-10-8-9-11-26(25)23-27/h2-23H,1H3/b31-22+. The maximum absolute atomic E-state index is 14.3. The van der Waals surface area contributed by atoms with Crippen LogP contribution in [0.1, 0.15) is 15.9 Å². The van der Waals surface area contributed by atoms with Gasteiger partial charge in [-0.15, -0.1) is 0 Å². The second kappa shape index (κ2) is 11.1. The Bertz CT molecular complexity index is 1910. The number of carbonyl (C=O) groups excluding carboxylic acids is 2. The first-order chi connectivity index (χ1) is 21.1. The first-order valence-electron chi connectivity index (χ1n) is 13.7. The van der Waals surface area contributed by atoms with Gasteiger partial charge in [-0.3, -0.25) is 14.5 Å². The molecule has 1 spiro atoms. The second-order valence-corrected chi connectivity index (χ2v) is 12.6. The van der Waals surface area contributed by atoms with Gasteiger partial charge in [0.2, 0.25) is 10.1 Å². The van der Waals surface area contributed by atoms with Crippen molar-refractivity contribution in [2.45, 2.75) is 4.33 Å². The van der Waals surface area contributed by atoms with Crippen molar-refractivity contribution in [2.24, 2.45) is 5.10 Å². The summed E-state index contributed by atoms with van der Waals surface area (Å²) < 4.78 is 4.20. The lowest BCUT2D eigenvalue weighted by molar-refractivity contribution is -0.114. The van der Waals surface area contributed by atoms with Crippen molar-refractivity contribution in [3.63, 3.8) is 0 Å². The number of para-hydroxylation sites is 2. The number of Topliss-reactive ketones (excluding diaryl/α,β-unsaturated/α-hetero) is 1. The predicted molar refractivity (Wildman–Crippen MR) is 177 cm³/mol. The van der Waals surface area contributed by atoms with E-state index in [1.165, 1.54) is 23.5 Å². The SMILES string of the molecule is COc1ccc(/C=C2/SC3(SC(C(=O)c4ccc5ccccc5c4)=NN3c3ccccc3)N(c3ccccc3)C2=O)cc1. The molecule has 0 radical (unpaired) electrons. The Morgan fingerprint density at radius 3 is 2.12 bits per heavy atom. The number of carbonyl (C=O) groups is 2. The largest absolute Gasteiger partial charge is 0.497 e. The molecule has 1 atom stereocenters. The highest BCUT2D eigenvalue weighted by Crippen LogP contribution is 2.59. The molecule has 210 valence electrons. The molecule has 1 fully saturated rings. The molecule has 0 aromatic heterocycles. The average molecular weight is 600 g/mol. The minimum Gasteiger partial charge on any atom is -0.497 e. The molecule has 43 heavy (non-hydrogen) atoms. The first kappa shape index (κ1) is 27.1. The minimum absolute atomic E-state index is 0.171. The summed E-state index contributed by atoms with van der Waals surface area (Å²) in [5, 5.41) is 9.08. The van der Waals surface area contributed by atoms with Crippen molar-refractivity contribution in [3.05, 3.63) is 143 Å². The smallest absolute Gasteiger partial charge is 0.268 e. The molecule has 0 aliphatic carbocycles. The summed E-state index contributed by atoms with van der Waals surface area (Å²) in [6.07, 6.45) is 1.88. The van der Waals surface area contributed by atoms with Crippen molar-refractivity contribution < 1.29 is 14.3 Å². The van der Waals surface area contributed by atoms with Crippen molar-refractivity contribution in [1.29, 1.82) is 0 Å². The van der Waals surface area contributed by atoms with Crippen molar-refractivity contribution in [1.82, 2.24) is 0 Å². The monoisotopic (exact) mass is 599 g/mol. The molecule has 2 heterocycles. The van der Waals surface area contributed by atoms with Crippen LogP contribution in [-0.4, -0.2) is 28.2 Å². The summed E-state index contributed by atoms with van der Waals surface area (Å²) in [4.78, 5) is 30.6. The van der Waals surface area contributed by atoms with Gasteiger partial charge in [0.25, 0.3) is 5.91 Å². The van der Waals surface area contributed by atoms with Crippen LogP contribution in [0.2, 0.25) is 0 Å². The Morgan fingerprint density at radius 1 is 0.767 bits per heavy atom. The summed E-state index contributed by atoms with van der Waals surface area (Å²) >= 11 is 2.68. The molecular formula is C35H25N3O3S2. The summed E-state index contributed by atoms with van der Waals surface area (Å²) in [6, 6.07) is 40.4. The zero-order chi connectivity index (χ0) is 29.4. The van der Waals surface area contributed by atoms with E-state index in [-0.39, 0.29) is 11.7 Å². The maximum atomic E-state index is 14.3. The van der Waals surface area contributed by atoms with E-state index in [9.17, 15) is 9.59 Å². The number of benzene rings is 5. The number of methoxy groups -OCH3 is 1. The summed E-state index contributed by atoms with van der Waals surface area (Å²) in [5.41, 5.74) is 2.89. The lowest BCUT2D eigenvalue weighted by Gasteiger charge is -2.38. The van der Waals surface area contributed by atoms with Crippen molar-refractivity contribution in [2.75, 3.05) is 17.0 Å². The molecule has 6 nitrogen and oxygen atoms in total. The molecule has 1 saturated heterocycles. The molecule has 0 N–H and O–H groups in total. The number of hydrogen-bond donors (Lipinski definition) is 0. The number of ketones is 1. The van der Waals surface area contributed by atoms with Crippen LogP contribution in [0.3, 0.4) is 0 Å². The number of anilines is 2. The van der Waals surface area contributed by atoms with Crippen LogP contribution in [-0.2, 0) is 4.79 Å². The van der Waals surface area contributed by atoms with E-state index >= 15 is 0 Å². The van der Waals surface area contributed by atoms with Gasteiger partial charge >= 0.3 is 0 Å². The van der Waals surface area contributed by atoms with Crippen LogP contribution in [0.25, 0.3) is 16.8 Å². The number of hydrogen-bond acceptors (Lipinski definition) is 7. The van der Waals surface area contributed by atoms with E-state index < -0.39 is 4.33 Å². The number of fused-ring (bicyclic) bond motifs is 1. The number of rotatable bonds is 6. The van der Waals surface area contributed by atoms with E-state index in [1.54, 1.807) is 17.0 Å². The summed E-state index contributed by atoms with van der Waals surface area (Å²) in [6.45, 7) is 0. The fourth-order valence-corrected chi connectivity index (χ4v) is 8.10. The Labute approximate surface area is 257 Å². The van der Waals surface area contributed by atoms with Gasteiger partial charge in [0.15, 0.2) is 5.04 Å². The van der Waals surface area contributed by atoms with E-state index in [4.69, 9.17) is 9.84 Å². The van der Waals surface area contributed by atoms with Gasteiger partial charge in [-0.25, -0.2) is 5.01 Å².